The van der Waals surface area contributed by atoms with E-state index in [0.29, 0.717) is 16.0 Å². The van der Waals surface area contributed by atoms with Crippen LogP contribution in [-0.4, -0.2) is 33.0 Å². The van der Waals surface area contributed by atoms with Crippen LogP contribution in [0.2, 0.25) is 0 Å². The first-order chi connectivity index (χ1) is 11.6. The Morgan fingerprint density at radius 2 is 1.50 bits per heavy atom. The van der Waals surface area contributed by atoms with Crippen molar-refractivity contribution in [3.63, 3.8) is 0 Å². The second kappa shape index (κ2) is 5.24. The predicted octanol–water partition coefficient (Wildman–Crippen LogP) is 2.00. The Bertz CT molecular complexity index is 980. The molecule has 4 rings (SSSR count). The Balaban J connectivity index is 1.62. The zero-order chi connectivity index (χ0) is 16.7. The molecule has 7 nitrogen and oxygen atoms in total. The van der Waals surface area contributed by atoms with Gasteiger partial charge in [-0.15, -0.1) is 10.2 Å². The number of aromatic nitrogens is 2. The van der Waals surface area contributed by atoms with Crippen LogP contribution in [0.3, 0.4) is 0 Å². The minimum Gasteiger partial charge on any atom is -0.322 e. The van der Waals surface area contributed by atoms with Crippen molar-refractivity contribution in [1.82, 2.24) is 15.3 Å². The van der Waals surface area contributed by atoms with E-state index in [1.165, 1.54) is 18.2 Å². The standard InChI is InChI=1S/C17H9N3O4/c21-15-11-6-2-3-7-12(11)16(22)20(15)24-17(23)14-9-10-5-1-4-8-13(10)18-19-14/h1-9H. The quantitative estimate of drug-likeness (QED) is 0.671. The summed E-state index contributed by atoms with van der Waals surface area (Å²) in [7, 11) is 0. The molecule has 2 heterocycles. The third-order valence-electron chi connectivity index (χ3n) is 3.63. The first kappa shape index (κ1) is 14.0. The van der Waals surface area contributed by atoms with Gasteiger partial charge in [0, 0.05) is 5.39 Å². The van der Waals surface area contributed by atoms with E-state index in [1.54, 1.807) is 36.4 Å². The van der Waals surface area contributed by atoms with Crippen LogP contribution < -0.4 is 0 Å². The number of nitrogens with zero attached hydrogens (tertiary/aromatic N) is 3. The van der Waals surface area contributed by atoms with Gasteiger partial charge in [0.2, 0.25) is 0 Å². The molecule has 3 aromatic rings. The van der Waals surface area contributed by atoms with Gasteiger partial charge < -0.3 is 4.84 Å². The van der Waals surface area contributed by atoms with Gasteiger partial charge in [-0.1, -0.05) is 35.4 Å². The van der Waals surface area contributed by atoms with Gasteiger partial charge in [0.15, 0.2) is 5.69 Å². The molecule has 0 radical (unpaired) electrons. The van der Waals surface area contributed by atoms with E-state index in [2.05, 4.69) is 10.2 Å². The number of carbonyl (C=O) groups is 3. The van der Waals surface area contributed by atoms with E-state index in [4.69, 9.17) is 4.84 Å². The smallest absolute Gasteiger partial charge is 0.322 e. The van der Waals surface area contributed by atoms with E-state index in [9.17, 15) is 14.4 Å². The van der Waals surface area contributed by atoms with Gasteiger partial charge in [0.05, 0.1) is 16.6 Å². The molecule has 0 fully saturated rings. The van der Waals surface area contributed by atoms with Crippen molar-refractivity contribution >= 4 is 28.7 Å². The molecule has 0 N–H and O–H groups in total. The maximum absolute atomic E-state index is 12.2. The van der Waals surface area contributed by atoms with Crippen LogP contribution in [0.15, 0.2) is 54.6 Å². The van der Waals surface area contributed by atoms with E-state index < -0.39 is 17.8 Å². The molecule has 1 aromatic heterocycles. The van der Waals surface area contributed by atoms with Crippen LogP contribution in [0, 0.1) is 0 Å². The summed E-state index contributed by atoms with van der Waals surface area (Å²) in [5, 5.41) is 8.83. The number of carbonyl (C=O) groups excluding carboxylic acids is 3. The lowest BCUT2D eigenvalue weighted by molar-refractivity contribution is -0.0589. The molecular weight excluding hydrogens is 310 g/mol. The fraction of sp³-hybridized carbons (Fsp3) is 0. The van der Waals surface area contributed by atoms with Crippen molar-refractivity contribution in [1.29, 1.82) is 0 Å². The largest absolute Gasteiger partial charge is 0.384 e. The Labute approximate surface area is 135 Å². The summed E-state index contributed by atoms with van der Waals surface area (Å²) in [5.41, 5.74) is 0.917. The molecule has 0 saturated carbocycles. The highest BCUT2D eigenvalue weighted by atomic mass is 16.7. The summed E-state index contributed by atoms with van der Waals surface area (Å²) < 4.78 is 0. The highest BCUT2D eigenvalue weighted by Crippen LogP contribution is 2.23. The lowest BCUT2D eigenvalue weighted by Gasteiger charge is -2.12. The van der Waals surface area contributed by atoms with Gasteiger partial charge in [-0.25, -0.2) is 4.79 Å². The van der Waals surface area contributed by atoms with E-state index >= 15 is 0 Å². The molecule has 24 heavy (non-hydrogen) atoms. The van der Waals surface area contributed by atoms with Crippen LogP contribution in [0.25, 0.3) is 10.9 Å². The van der Waals surface area contributed by atoms with Crippen LogP contribution in [0.1, 0.15) is 31.2 Å². The number of fused-ring (bicyclic) bond motifs is 2. The Hall–Kier alpha value is -3.61. The average molecular weight is 319 g/mol. The molecule has 0 bridgehead atoms. The fourth-order valence-electron chi connectivity index (χ4n) is 2.46. The van der Waals surface area contributed by atoms with Gasteiger partial charge in [-0.3, -0.25) is 9.59 Å². The molecule has 0 unspecified atom stereocenters. The third-order valence-corrected chi connectivity index (χ3v) is 3.63. The third kappa shape index (κ3) is 2.11. The monoisotopic (exact) mass is 319 g/mol. The van der Waals surface area contributed by atoms with Crippen molar-refractivity contribution in [2.75, 3.05) is 0 Å². The van der Waals surface area contributed by atoms with Gasteiger partial charge in [0.1, 0.15) is 0 Å². The molecule has 2 amide bonds. The normalized spacial score (nSPS) is 13.2. The Morgan fingerprint density at radius 3 is 2.21 bits per heavy atom. The SMILES string of the molecule is O=C(ON1C(=O)c2ccccc2C1=O)c1cc2ccccc2nn1. The van der Waals surface area contributed by atoms with Gasteiger partial charge >= 0.3 is 5.97 Å². The van der Waals surface area contributed by atoms with Crippen molar-refractivity contribution in [3.05, 3.63) is 71.4 Å². The van der Waals surface area contributed by atoms with E-state index in [-0.39, 0.29) is 16.8 Å². The summed E-state index contributed by atoms with van der Waals surface area (Å²) in [6.07, 6.45) is 0. The maximum Gasteiger partial charge on any atom is 0.384 e. The van der Waals surface area contributed by atoms with Crippen molar-refractivity contribution in [2.45, 2.75) is 0 Å². The number of imide groups is 1. The lowest BCUT2D eigenvalue weighted by atomic mass is 10.1. The van der Waals surface area contributed by atoms with Crippen LogP contribution >= 0.6 is 0 Å². The van der Waals surface area contributed by atoms with Gasteiger partial charge in [-0.2, -0.15) is 0 Å². The van der Waals surface area contributed by atoms with Crippen molar-refractivity contribution < 1.29 is 19.2 Å². The number of hydrogen-bond donors (Lipinski definition) is 0. The first-order valence-corrected chi connectivity index (χ1v) is 7.08. The number of hydrogen-bond acceptors (Lipinski definition) is 6. The minimum absolute atomic E-state index is 0.0924. The Morgan fingerprint density at radius 1 is 0.875 bits per heavy atom. The summed E-state index contributed by atoms with van der Waals surface area (Å²) in [5.74, 6) is -2.29. The lowest BCUT2D eigenvalue weighted by Crippen LogP contribution is -2.33. The summed E-state index contributed by atoms with van der Waals surface area (Å²) >= 11 is 0. The number of rotatable bonds is 2. The summed E-state index contributed by atoms with van der Waals surface area (Å²) in [6.45, 7) is 0. The molecular formula is C17H9N3O4. The molecule has 7 heteroatoms. The minimum atomic E-state index is -0.928. The molecule has 0 spiro atoms. The van der Waals surface area contributed by atoms with Crippen LogP contribution in [0.4, 0.5) is 0 Å². The molecule has 1 aliphatic heterocycles. The second-order valence-corrected chi connectivity index (χ2v) is 5.12. The van der Waals surface area contributed by atoms with E-state index in [1.807, 2.05) is 0 Å². The van der Waals surface area contributed by atoms with Crippen LogP contribution in [0.5, 0.6) is 0 Å². The van der Waals surface area contributed by atoms with Crippen molar-refractivity contribution in [3.8, 4) is 0 Å². The summed E-state index contributed by atoms with van der Waals surface area (Å²) in [6, 6.07) is 14.9. The number of hydroxylamine groups is 2. The second-order valence-electron chi connectivity index (χ2n) is 5.12. The molecule has 0 atom stereocenters. The molecule has 0 saturated heterocycles. The Kier molecular flexibility index (Phi) is 3.06. The highest BCUT2D eigenvalue weighted by Gasteiger charge is 2.39. The van der Waals surface area contributed by atoms with Crippen LogP contribution in [-0.2, 0) is 4.84 Å². The van der Waals surface area contributed by atoms with Gasteiger partial charge in [-0.05, 0) is 24.3 Å². The topological polar surface area (TPSA) is 89.5 Å². The summed E-state index contributed by atoms with van der Waals surface area (Å²) in [4.78, 5) is 41.5. The highest BCUT2D eigenvalue weighted by molar-refractivity contribution is 6.21. The number of benzene rings is 2. The molecule has 2 aromatic carbocycles. The molecule has 1 aliphatic rings. The zero-order valence-electron chi connectivity index (χ0n) is 12.2. The predicted molar refractivity (Wildman–Crippen MR) is 81.9 cm³/mol. The van der Waals surface area contributed by atoms with Crippen molar-refractivity contribution in [2.24, 2.45) is 0 Å². The first-order valence-electron chi connectivity index (χ1n) is 7.08. The van der Waals surface area contributed by atoms with Gasteiger partial charge in [0.25, 0.3) is 11.8 Å². The van der Waals surface area contributed by atoms with E-state index in [0.717, 1.165) is 0 Å². The maximum atomic E-state index is 12.2. The molecule has 116 valence electrons. The number of amides is 2. The molecule has 0 aliphatic carbocycles. The average Bonchev–Trinajstić information content (AvgIpc) is 2.86. The zero-order valence-corrected chi connectivity index (χ0v) is 12.2. The fourth-order valence-corrected chi connectivity index (χ4v) is 2.46.